The van der Waals surface area contributed by atoms with E-state index < -0.39 is 17.8 Å². The number of hydrogen-bond acceptors (Lipinski definition) is 4. The summed E-state index contributed by atoms with van der Waals surface area (Å²) in [5, 5.41) is 3.96. The predicted octanol–water partition coefficient (Wildman–Crippen LogP) is 4.52. The molecule has 0 spiro atoms. The van der Waals surface area contributed by atoms with Crippen LogP contribution >= 0.6 is 0 Å². The van der Waals surface area contributed by atoms with E-state index in [1.54, 1.807) is 47.4 Å². The fourth-order valence-electron chi connectivity index (χ4n) is 4.02. The van der Waals surface area contributed by atoms with Gasteiger partial charge in [0.05, 0.1) is 5.69 Å². The van der Waals surface area contributed by atoms with Crippen molar-refractivity contribution in [3.8, 4) is 11.3 Å². The van der Waals surface area contributed by atoms with Gasteiger partial charge in [0.1, 0.15) is 5.82 Å². The van der Waals surface area contributed by atoms with Crippen molar-refractivity contribution in [3.05, 3.63) is 83.9 Å². The maximum Gasteiger partial charge on any atom is 0.433 e. The van der Waals surface area contributed by atoms with E-state index in [9.17, 15) is 22.4 Å². The van der Waals surface area contributed by atoms with Gasteiger partial charge in [-0.1, -0.05) is 30.3 Å². The monoisotopic (exact) mass is 469 g/mol. The molecular weight excluding hydrogens is 450 g/mol. The van der Waals surface area contributed by atoms with Crippen molar-refractivity contribution in [2.75, 3.05) is 31.1 Å². The van der Waals surface area contributed by atoms with E-state index in [1.165, 1.54) is 18.2 Å². The SMILES string of the molecule is O=C(c1cc2nc(-c3ccccc3)cc(C(F)(F)F)n2n1)N1CCN(c2ccc(F)cc2)CC1. The first-order valence-electron chi connectivity index (χ1n) is 10.6. The Hall–Kier alpha value is -3.95. The summed E-state index contributed by atoms with van der Waals surface area (Å²) in [6.07, 6.45) is -4.68. The van der Waals surface area contributed by atoms with Gasteiger partial charge in [0.2, 0.25) is 0 Å². The van der Waals surface area contributed by atoms with E-state index in [-0.39, 0.29) is 22.9 Å². The molecule has 4 aromatic rings. The van der Waals surface area contributed by atoms with Gasteiger partial charge in [-0.25, -0.2) is 13.9 Å². The lowest BCUT2D eigenvalue weighted by molar-refractivity contribution is -0.142. The lowest BCUT2D eigenvalue weighted by atomic mass is 10.1. The maximum atomic E-state index is 13.8. The highest BCUT2D eigenvalue weighted by molar-refractivity contribution is 5.93. The maximum absolute atomic E-state index is 13.8. The molecule has 1 amide bonds. The van der Waals surface area contributed by atoms with Crippen LogP contribution in [0.3, 0.4) is 0 Å². The Morgan fingerprint density at radius 3 is 2.21 bits per heavy atom. The molecule has 1 aliphatic rings. The van der Waals surface area contributed by atoms with Gasteiger partial charge in [0.25, 0.3) is 5.91 Å². The predicted molar refractivity (Wildman–Crippen MR) is 118 cm³/mol. The van der Waals surface area contributed by atoms with E-state index in [0.29, 0.717) is 36.3 Å². The number of fused-ring (bicyclic) bond motifs is 1. The molecule has 2 aromatic carbocycles. The number of rotatable bonds is 3. The van der Waals surface area contributed by atoms with Gasteiger partial charge in [0.15, 0.2) is 17.0 Å². The molecular formula is C24H19F4N5O. The fraction of sp³-hybridized carbons (Fsp3) is 0.208. The molecule has 0 atom stereocenters. The first kappa shape index (κ1) is 21.9. The van der Waals surface area contributed by atoms with E-state index in [0.717, 1.165) is 11.8 Å². The molecule has 34 heavy (non-hydrogen) atoms. The summed E-state index contributed by atoms with van der Waals surface area (Å²) in [4.78, 5) is 20.9. The van der Waals surface area contributed by atoms with Crippen molar-refractivity contribution in [3.63, 3.8) is 0 Å². The molecule has 5 rings (SSSR count). The van der Waals surface area contributed by atoms with Crippen molar-refractivity contribution in [1.29, 1.82) is 0 Å². The largest absolute Gasteiger partial charge is 0.433 e. The Bertz CT molecular complexity index is 1330. The number of anilines is 1. The van der Waals surface area contributed by atoms with Crippen LogP contribution < -0.4 is 4.90 Å². The third-order valence-electron chi connectivity index (χ3n) is 5.76. The summed E-state index contributed by atoms with van der Waals surface area (Å²) >= 11 is 0. The second kappa shape index (κ2) is 8.44. The van der Waals surface area contributed by atoms with Crippen LogP contribution in [0.5, 0.6) is 0 Å². The molecule has 6 nitrogen and oxygen atoms in total. The van der Waals surface area contributed by atoms with Crippen LogP contribution in [0.25, 0.3) is 16.9 Å². The molecule has 174 valence electrons. The van der Waals surface area contributed by atoms with Crippen LogP contribution in [-0.4, -0.2) is 51.6 Å². The molecule has 0 N–H and O–H groups in total. The highest BCUT2D eigenvalue weighted by Crippen LogP contribution is 2.32. The molecule has 0 aliphatic carbocycles. The fourth-order valence-corrected chi connectivity index (χ4v) is 4.02. The average molecular weight is 469 g/mol. The number of aromatic nitrogens is 3. The molecule has 10 heteroatoms. The summed E-state index contributed by atoms with van der Waals surface area (Å²) in [5.41, 5.74) is 0.361. The number of hydrogen-bond donors (Lipinski definition) is 0. The zero-order valence-corrected chi connectivity index (χ0v) is 17.8. The Labute approximate surface area is 192 Å². The Kier molecular flexibility index (Phi) is 5.43. The molecule has 1 fully saturated rings. The molecule has 0 bridgehead atoms. The number of nitrogens with zero attached hydrogens (tertiary/aromatic N) is 5. The lowest BCUT2D eigenvalue weighted by Crippen LogP contribution is -2.48. The number of carbonyl (C=O) groups is 1. The van der Waals surface area contributed by atoms with Crippen LogP contribution in [0, 0.1) is 5.82 Å². The minimum Gasteiger partial charge on any atom is -0.368 e. The summed E-state index contributed by atoms with van der Waals surface area (Å²) in [6, 6.07) is 16.8. The molecule has 0 saturated carbocycles. The number of alkyl halides is 3. The second-order valence-electron chi connectivity index (χ2n) is 7.95. The van der Waals surface area contributed by atoms with Gasteiger partial charge in [-0.2, -0.15) is 18.3 Å². The van der Waals surface area contributed by atoms with Gasteiger partial charge in [-0.05, 0) is 30.3 Å². The van der Waals surface area contributed by atoms with Crippen molar-refractivity contribution in [2.24, 2.45) is 0 Å². The summed E-state index contributed by atoms with van der Waals surface area (Å²) < 4.78 is 55.2. The smallest absolute Gasteiger partial charge is 0.368 e. The van der Waals surface area contributed by atoms with E-state index in [1.807, 2.05) is 4.90 Å². The molecule has 3 heterocycles. The van der Waals surface area contributed by atoms with Crippen molar-refractivity contribution in [2.45, 2.75) is 6.18 Å². The topological polar surface area (TPSA) is 53.7 Å². The zero-order valence-electron chi connectivity index (χ0n) is 17.8. The van der Waals surface area contributed by atoms with Gasteiger partial charge in [0, 0.05) is 43.5 Å². The number of amides is 1. The standard InChI is InChI=1S/C24H19F4N5O/c25-17-6-8-18(9-7-17)31-10-12-32(13-11-31)23(34)20-15-22-29-19(16-4-2-1-3-5-16)14-21(24(26,27)28)33(22)30-20/h1-9,14-15H,10-13H2. The first-order valence-corrected chi connectivity index (χ1v) is 10.6. The lowest BCUT2D eigenvalue weighted by Gasteiger charge is -2.35. The van der Waals surface area contributed by atoms with Crippen LogP contribution in [-0.2, 0) is 6.18 Å². The Morgan fingerprint density at radius 2 is 1.56 bits per heavy atom. The molecule has 1 saturated heterocycles. The highest BCUT2D eigenvalue weighted by atomic mass is 19.4. The third kappa shape index (κ3) is 4.18. The van der Waals surface area contributed by atoms with E-state index >= 15 is 0 Å². The Balaban J connectivity index is 1.41. The van der Waals surface area contributed by atoms with Crippen LogP contribution in [0.15, 0.2) is 66.7 Å². The van der Waals surface area contributed by atoms with Crippen LogP contribution in [0.4, 0.5) is 23.2 Å². The summed E-state index contributed by atoms with van der Waals surface area (Å²) in [6.45, 7) is 1.74. The van der Waals surface area contributed by atoms with Crippen LogP contribution in [0.1, 0.15) is 16.2 Å². The van der Waals surface area contributed by atoms with Crippen molar-refractivity contribution >= 4 is 17.2 Å². The normalized spacial score (nSPS) is 14.6. The first-order chi connectivity index (χ1) is 16.3. The third-order valence-corrected chi connectivity index (χ3v) is 5.76. The van der Waals surface area contributed by atoms with Crippen molar-refractivity contribution in [1.82, 2.24) is 19.5 Å². The number of benzene rings is 2. The minimum absolute atomic E-state index is 0.0537. The highest BCUT2D eigenvalue weighted by Gasteiger charge is 2.36. The molecule has 1 aliphatic heterocycles. The van der Waals surface area contributed by atoms with E-state index in [2.05, 4.69) is 10.1 Å². The second-order valence-corrected chi connectivity index (χ2v) is 7.95. The van der Waals surface area contributed by atoms with Crippen molar-refractivity contribution < 1.29 is 22.4 Å². The Morgan fingerprint density at radius 1 is 0.882 bits per heavy atom. The quantitative estimate of drug-likeness (QED) is 0.414. The minimum atomic E-state index is -4.68. The molecule has 2 aromatic heterocycles. The van der Waals surface area contributed by atoms with Gasteiger partial charge in [-0.15, -0.1) is 0 Å². The average Bonchev–Trinajstić information content (AvgIpc) is 3.28. The van der Waals surface area contributed by atoms with E-state index in [4.69, 9.17) is 0 Å². The summed E-state index contributed by atoms with van der Waals surface area (Å²) in [5.74, 6) is -0.787. The molecule has 0 radical (unpaired) electrons. The number of piperazine rings is 1. The van der Waals surface area contributed by atoms with Gasteiger partial charge >= 0.3 is 6.18 Å². The number of carbonyl (C=O) groups excluding carboxylic acids is 1. The van der Waals surface area contributed by atoms with Gasteiger partial charge in [-0.3, -0.25) is 4.79 Å². The summed E-state index contributed by atoms with van der Waals surface area (Å²) in [7, 11) is 0. The number of halogens is 4. The van der Waals surface area contributed by atoms with Crippen LogP contribution in [0.2, 0.25) is 0 Å². The van der Waals surface area contributed by atoms with Gasteiger partial charge < -0.3 is 9.80 Å². The molecule has 0 unspecified atom stereocenters. The zero-order chi connectivity index (χ0) is 23.9.